The van der Waals surface area contributed by atoms with Gasteiger partial charge in [-0.3, -0.25) is 4.79 Å². The zero-order valence-corrected chi connectivity index (χ0v) is 11.7. The zero-order chi connectivity index (χ0) is 14.0. The second-order valence-corrected chi connectivity index (χ2v) is 6.77. The van der Waals surface area contributed by atoms with Crippen molar-refractivity contribution in [1.29, 1.82) is 0 Å². The number of aromatic nitrogens is 1. The van der Waals surface area contributed by atoms with Gasteiger partial charge in [-0.25, -0.2) is 12.7 Å². The number of hydrogen-bond acceptors (Lipinski definition) is 4. The van der Waals surface area contributed by atoms with Crippen LogP contribution in [0.25, 0.3) is 11.0 Å². The summed E-state index contributed by atoms with van der Waals surface area (Å²) in [5.74, 6) is 0.0237. The third-order valence-corrected chi connectivity index (χ3v) is 4.87. The van der Waals surface area contributed by atoms with Crippen molar-refractivity contribution in [3.63, 3.8) is 0 Å². The van der Waals surface area contributed by atoms with Crippen LogP contribution >= 0.6 is 0 Å². The molecule has 0 aliphatic heterocycles. The van der Waals surface area contributed by atoms with Crippen LogP contribution in [0.1, 0.15) is 6.42 Å². The van der Waals surface area contributed by atoms with Crippen LogP contribution in [0, 0.1) is 0 Å². The molecule has 0 aliphatic rings. The molecule has 19 heavy (non-hydrogen) atoms. The van der Waals surface area contributed by atoms with E-state index < -0.39 is 10.0 Å². The molecule has 0 N–H and O–H groups in total. The molecule has 0 saturated carbocycles. The Morgan fingerprint density at radius 2 is 2.05 bits per heavy atom. The molecule has 2 heterocycles. The number of fused-ring (bicyclic) bond motifs is 1. The summed E-state index contributed by atoms with van der Waals surface area (Å²) in [4.78, 5) is 12.0. The number of sulfonamides is 1. The lowest BCUT2D eigenvalue weighted by atomic mass is 10.3. The first-order chi connectivity index (χ1) is 8.92. The Kier molecular flexibility index (Phi) is 3.77. The zero-order valence-electron chi connectivity index (χ0n) is 10.9. The number of nitrogens with zero attached hydrogens (tertiary/aromatic N) is 2. The van der Waals surface area contributed by atoms with Gasteiger partial charge in [0.1, 0.15) is 5.58 Å². The average molecular weight is 284 g/mol. The Hall–Kier alpha value is -1.60. The maximum absolute atomic E-state index is 12.0. The van der Waals surface area contributed by atoms with Crippen LogP contribution in [0.15, 0.2) is 33.8 Å². The molecule has 0 fully saturated rings. The molecule has 2 rings (SSSR count). The van der Waals surface area contributed by atoms with Gasteiger partial charge in [0.25, 0.3) is 5.56 Å². The summed E-state index contributed by atoms with van der Waals surface area (Å²) in [6.45, 7) is 0.368. The van der Waals surface area contributed by atoms with Crippen LogP contribution in [-0.4, -0.2) is 37.1 Å². The lowest BCUT2D eigenvalue weighted by molar-refractivity contribution is 0.514. The molecule has 0 aliphatic carbocycles. The highest BCUT2D eigenvalue weighted by Crippen LogP contribution is 2.10. The van der Waals surface area contributed by atoms with Crippen LogP contribution in [0.2, 0.25) is 0 Å². The third-order valence-electron chi connectivity index (χ3n) is 2.95. The highest BCUT2D eigenvalue weighted by Gasteiger charge is 2.13. The fourth-order valence-electron chi connectivity index (χ4n) is 1.78. The SMILES string of the molecule is CN(C)S(=O)(=O)CCCn1ccc2occc2c1=O. The normalized spacial score (nSPS) is 12.4. The van der Waals surface area contributed by atoms with Gasteiger partial charge in [0.2, 0.25) is 10.0 Å². The van der Waals surface area contributed by atoms with Crippen molar-refractivity contribution in [2.45, 2.75) is 13.0 Å². The molecule has 0 aromatic carbocycles. The first kappa shape index (κ1) is 13.8. The molecule has 0 amide bonds. The summed E-state index contributed by atoms with van der Waals surface area (Å²) in [6.07, 6.45) is 3.48. The Balaban J connectivity index is 2.11. The highest BCUT2D eigenvalue weighted by atomic mass is 32.2. The number of aryl methyl sites for hydroxylation is 1. The molecule has 0 bridgehead atoms. The van der Waals surface area contributed by atoms with E-state index in [-0.39, 0.29) is 11.3 Å². The van der Waals surface area contributed by atoms with E-state index in [9.17, 15) is 13.2 Å². The maximum atomic E-state index is 12.0. The standard InChI is InChI=1S/C12H16N2O4S/c1-13(2)19(16,17)9-3-6-14-7-4-11-10(12(14)15)5-8-18-11/h4-5,7-8H,3,6,9H2,1-2H3. The topological polar surface area (TPSA) is 72.5 Å². The van der Waals surface area contributed by atoms with Crippen LogP contribution < -0.4 is 5.56 Å². The Morgan fingerprint density at radius 1 is 1.32 bits per heavy atom. The molecule has 6 nitrogen and oxygen atoms in total. The monoisotopic (exact) mass is 284 g/mol. The van der Waals surface area contributed by atoms with E-state index >= 15 is 0 Å². The van der Waals surface area contributed by atoms with Crippen molar-refractivity contribution < 1.29 is 12.8 Å². The molecule has 2 aromatic rings. The minimum atomic E-state index is -3.21. The molecule has 2 aromatic heterocycles. The van der Waals surface area contributed by atoms with Crippen LogP contribution in [-0.2, 0) is 16.6 Å². The molecular weight excluding hydrogens is 268 g/mol. The molecule has 104 valence electrons. The quantitative estimate of drug-likeness (QED) is 0.817. The highest BCUT2D eigenvalue weighted by molar-refractivity contribution is 7.89. The van der Waals surface area contributed by atoms with Crippen molar-refractivity contribution in [2.75, 3.05) is 19.8 Å². The number of hydrogen-bond donors (Lipinski definition) is 0. The number of pyridine rings is 1. The van der Waals surface area contributed by atoms with Gasteiger partial charge in [-0.2, -0.15) is 0 Å². The van der Waals surface area contributed by atoms with E-state index in [1.54, 1.807) is 18.3 Å². The van der Waals surface area contributed by atoms with E-state index in [4.69, 9.17) is 4.42 Å². The van der Waals surface area contributed by atoms with Crippen molar-refractivity contribution in [3.8, 4) is 0 Å². The summed E-state index contributed by atoms with van der Waals surface area (Å²) in [5.41, 5.74) is 0.385. The first-order valence-corrected chi connectivity index (χ1v) is 7.49. The van der Waals surface area contributed by atoms with Gasteiger partial charge < -0.3 is 8.98 Å². The van der Waals surface area contributed by atoms with Gasteiger partial charge in [0, 0.05) is 26.8 Å². The smallest absolute Gasteiger partial charge is 0.261 e. The predicted molar refractivity (Wildman–Crippen MR) is 72.6 cm³/mol. The number of furan rings is 1. The van der Waals surface area contributed by atoms with E-state index in [1.165, 1.54) is 29.2 Å². The lowest BCUT2D eigenvalue weighted by Crippen LogP contribution is -2.27. The summed E-state index contributed by atoms with van der Waals surface area (Å²) in [5, 5.41) is 0.512. The van der Waals surface area contributed by atoms with Crippen LogP contribution in [0.4, 0.5) is 0 Å². The van der Waals surface area contributed by atoms with Crippen molar-refractivity contribution in [3.05, 3.63) is 34.9 Å². The molecule has 0 radical (unpaired) electrons. The van der Waals surface area contributed by atoms with Gasteiger partial charge in [-0.1, -0.05) is 0 Å². The fourth-order valence-corrected chi connectivity index (χ4v) is 2.64. The van der Waals surface area contributed by atoms with Gasteiger partial charge >= 0.3 is 0 Å². The van der Waals surface area contributed by atoms with Crippen molar-refractivity contribution >= 4 is 21.0 Å². The fraction of sp³-hybridized carbons (Fsp3) is 0.417. The molecular formula is C12H16N2O4S. The molecule has 0 unspecified atom stereocenters. The minimum Gasteiger partial charge on any atom is -0.464 e. The van der Waals surface area contributed by atoms with Gasteiger partial charge in [-0.15, -0.1) is 0 Å². The Bertz CT molecular complexity index is 728. The summed E-state index contributed by atoms with van der Waals surface area (Å²) >= 11 is 0. The van der Waals surface area contributed by atoms with Gasteiger partial charge in [0.15, 0.2) is 0 Å². The minimum absolute atomic E-state index is 0.0237. The van der Waals surface area contributed by atoms with E-state index in [0.29, 0.717) is 23.9 Å². The first-order valence-electron chi connectivity index (χ1n) is 5.89. The van der Waals surface area contributed by atoms with E-state index in [1.807, 2.05) is 0 Å². The second kappa shape index (κ2) is 5.18. The summed E-state index contributed by atoms with van der Waals surface area (Å²) in [7, 11) is -0.215. The van der Waals surface area contributed by atoms with Gasteiger partial charge in [-0.05, 0) is 18.6 Å². The van der Waals surface area contributed by atoms with E-state index in [2.05, 4.69) is 0 Å². The third kappa shape index (κ3) is 2.87. The Morgan fingerprint density at radius 3 is 2.74 bits per heavy atom. The maximum Gasteiger partial charge on any atom is 0.261 e. The van der Waals surface area contributed by atoms with Crippen LogP contribution in [0.3, 0.4) is 0 Å². The summed E-state index contributed by atoms with van der Waals surface area (Å²) in [6, 6.07) is 3.32. The summed E-state index contributed by atoms with van der Waals surface area (Å²) < 4.78 is 31.0. The molecule has 0 spiro atoms. The number of rotatable bonds is 5. The largest absolute Gasteiger partial charge is 0.464 e. The van der Waals surface area contributed by atoms with Crippen molar-refractivity contribution in [2.24, 2.45) is 0 Å². The predicted octanol–water partition coefficient (Wildman–Crippen LogP) is 0.876. The molecule has 7 heteroatoms. The molecule has 0 atom stereocenters. The molecule has 0 saturated heterocycles. The average Bonchev–Trinajstić information content (AvgIpc) is 2.80. The van der Waals surface area contributed by atoms with Crippen LogP contribution in [0.5, 0.6) is 0 Å². The van der Waals surface area contributed by atoms with Crippen molar-refractivity contribution in [1.82, 2.24) is 8.87 Å². The second-order valence-electron chi connectivity index (χ2n) is 4.46. The van der Waals surface area contributed by atoms with E-state index in [0.717, 1.165) is 0 Å². The lowest BCUT2D eigenvalue weighted by Gasteiger charge is -2.11. The Labute approximate surface area is 111 Å². The van der Waals surface area contributed by atoms with Gasteiger partial charge in [0.05, 0.1) is 17.4 Å².